The summed E-state index contributed by atoms with van der Waals surface area (Å²) in [6.45, 7) is 4.70. The van der Waals surface area contributed by atoms with Gasteiger partial charge in [-0.3, -0.25) is 4.68 Å². The number of carbonyl (C=O) groups excluding carboxylic acids is 1. The Morgan fingerprint density at radius 2 is 2.07 bits per heavy atom. The Morgan fingerprint density at radius 1 is 1.36 bits per heavy atom. The van der Waals surface area contributed by atoms with Crippen LogP contribution < -0.4 is 0 Å². The maximum atomic E-state index is 14.9. The molecule has 0 saturated heterocycles. The fourth-order valence-corrected chi connectivity index (χ4v) is 3.54. The Hall–Kier alpha value is -1.84. The molecule has 1 aromatic heterocycles. The molecule has 6 nitrogen and oxygen atoms in total. The van der Waals surface area contributed by atoms with Crippen LogP contribution in [0.2, 0.25) is 0 Å². The summed E-state index contributed by atoms with van der Waals surface area (Å²) in [5.41, 5.74) is -0.119. The number of ether oxygens (including phenoxy) is 2. The van der Waals surface area contributed by atoms with Gasteiger partial charge in [0.25, 0.3) is 12.3 Å². The smallest absolute Gasteiger partial charge is 0.410 e. The number of rotatable bonds is 3. The number of nitrogens with zero attached hydrogens (tertiary/aromatic N) is 3. The third kappa shape index (κ3) is 4.59. The zero-order chi connectivity index (χ0) is 20.7. The average Bonchev–Trinajstić information content (AvgIpc) is 2.87. The fourth-order valence-electron chi connectivity index (χ4n) is 3.54. The average molecular weight is 407 g/mol. The third-order valence-corrected chi connectivity index (χ3v) is 4.71. The summed E-state index contributed by atoms with van der Waals surface area (Å²) in [7, 11) is 0. The molecule has 0 spiro atoms. The second-order valence-electron chi connectivity index (χ2n) is 8.20. The summed E-state index contributed by atoms with van der Waals surface area (Å²) in [6, 6.07) is 0. The van der Waals surface area contributed by atoms with Gasteiger partial charge in [-0.15, -0.1) is 0 Å². The molecule has 0 unspecified atom stereocenters. The van der Waals surface area contributed by atoms with Gasteiger partial charge in [0.15, 0.2) is 0 Å². The van der Waals surface area contributed by atoms with Crippen LogP contribution in [0.25, 0.3) is 0 Å². The van der Waals surface area contributed by atoms with Gasteiger partial charge in [0.05, 0.1) is 24.9 Å². The van der Waals surface area contributed by atoms with Gasteiger partial charge in [0.2, 0.25) is 0 Å². The van der Waals surface area contributed by atoms with Gasteiger partial charge in [-0.05, 0) is 27.2 Å². The van der Waals surface area contributed by atoms with Crippen molar-refractivity contribution in [1.82, 2.24) is 14.7 Å². The van der Waals surface area contributed by atoms with Gasteiger partial charge < -0.3 is 14.4 Å². The lowest BCUT2D eigenvalue weighted by Crippen LogP contribution is -2.40. The number of fused-ring (bicyclic) bond motifs is 3. The summed E-state index contributed by atoms with van der Waals surface area (Å²) in [5, 5.41) is 4.28. The molecule has 3 heterocycles. The van der Waals surface area contributed by atoms with Crippen LogP contribution in [0.15, 0.2) is 0 Å². The summed E-state index contributed by atoms with van der Waals surface area (Å²) in [6.07, 6.45) is -4.22. The van der Waals surface area contributed by atoms with Gasteiger partial charge in [-0.2, -0.15) is 13.9 Å². The first-order valence-electron chi connectivity index (χ1n) is 9.31. The first-order valence-corrected chi connectivity index (χ1v) is 9.31. The Morgan fingerprint density at radius 3 is 2.71 bits per heavy atom. The van der Waals surface area contributed by atoms with Crippen LogP contribution in [0, 0.1) is 0 Å². The number of hydrogen-bond donors (Lipinski definition) is 0. The molecule has 0 aliphatic carbocycles. The molecule has 1 aromatic rings. The largest absolute Gasteiger partial charge is 0.444 e. The predicted octanol–water partition coefficient (Wildman–Crippen LogP) is 3.71. The highest BCUT2D eigenvalue weighted by Crippen LogP contribution is 2.41. The van der Waals surface area contributed by atoms with Crippen molar-refractivity contribution in [2.24, 2.45) is 0 Å². The van der Waals surface area contributed by atoms with E-state index in [1.165, 1.54) is 9.58 Å². The van der Waals surface area contributed by atoms with Crippen molar-refractivity contribution in [1.29, 1.82) is 0 Å². The maximum absolute atomic E-state index is 14.9. The van der Waals surface area contributed by atoms with E-state index in [0.717, 1.165) is 0 Å². The van der Waals surface area contributed by atoms with Crippen LogP contribution in [0.3, 0.4) is 0 Å². The topological polar surface area (TPSA) is 56.6 Å². The molecule has 0 fully saturated rings. The standard InChI is InChI=1S/C18H25F4N3O3/c1-17(2,3)28-16(26)24-7-5-13-12(9-24)15-18(21,22)6-4-11(8-25(15)23-13)27-10-14(19)20/h11,14H,4-10H2,1-3H3/t11-/m1/s1. The lowest BCUT2D eigenvalue weighted by atomic mass is 10.00. The highest BCUT2D eigenvalue weighted by atomic mass is 19.3. The monoisotopic (exact) mass is 407 g/mol. The molecular weight excluding hydrogens is 382 g/mol. The van der Waals surface area contributed by atoms with E-state index in [2.05, 4.69) is 5.10 Å². The molecule has 10 heteroatoms. The Labute approximate surface area is 160 Å². The molecule has 28 heavy (non-hydrogen) atoms. The maximum Gasteiger partial charge on any atom is 0.410 e. The summed E-state index contributed by atoms with van der Waals surface area (Å²) >= 11 is 0. The van der Waals surface area contributed by atoms with Gasteiger partial charge in [-0.1, -0.05) is 0 Å². The minimum absolute atomic E-state index is 0.0161. The van der Waals surface area contributed by atoms with Crippen LogP contribution in [0.5, 0.6) is 0 Å². The molecule has 0 N–H and O–H groups in total. The highest BCUT2D eigenvalue weighted by Gasteiger charge is 2.44. The van der Waals surface area contributed by atoms with E-state index in [4.69, 9.17) is 9.47 Å². The van der Waals surface area contributed by atoms with E-state index < -0.39 is 43.2 Å². The number of halogens is 4. The van der Waals surface area contributed by atoms with Crippen molar-refractivity contribution in [3.8, 4) is 0 Å². The van der Waals surface area contributed by atoms with Crippen molar-refractivity contribution in [3.05, 3.63) is 17.0 Å². The Kier molecular flexibility index (Phi) is 5.62. The first kappa shape index (κ1) is 20.9. The van der Waals surface area contributed by atoms with E-state index in [1.54, 1.807) is 20.8 Å². The van der Waals surface area contributed by atoms with E-state index in [9.17, 15) is 22.4 Å². The predicted molar refractivity (Wildman–Crippen MR) is 91.4 cm³/mol. The van der Waals surface area contributed by atoms with E-state index in [-0.39, 0.29) is 25.2 Å². The molecular formula is C18H25F4N3O3. The highest BCUT2D eigenvalue weighted by molar-refractivity contribution is 5.68. The van der Waals surface area contributed by atoms with E-state index in [1.807, 2.05) is 0 Å². The minimum Gasteiger partial charge on any atom is -0.444 e. The molecule has 2 aliphatic rings. The zero-order valence-corrected chi connectivity index (χ0v) is 16.2. The van der Waals surface area contributed by atoms with Crippen LogP contribution in [-0.4, -0.2) is 52.1 Å². The second-order valence-corrected chi connectivity index (χ2v) is 8.20. The zero-order valence-electron chi connectivity index (χ0n) is 16.2. The number of hydrogen-bond acceptors (Lipinski definition) is 4. The second kappa shape index (κ2) is 7.53. The van der Waals surface area contributed by atoms with Crippen molar-refractivity contribution in [3.63, 3.8) is 0 Å². The van der Waals surface area contributed by atoms with E-state index in [0.29, 0.717) is 24.2 Å². The van der Waals surface area contributed by atoms with Crippen molar-refractivity contribution in [2.45, 2.75) is 77.2 Å². The van der Waals surface area contributed by atoms with Crippen molar-refractivity contribution in [2.75, 3.05) is 13.2 Å². The molecule has 0 aromatic carbocycles. The minimum atomic E-state index is -3.18. The van der Waals surface area contributed by atoms with Crippen molar-refractivity contribution < 1.29 is 31.8 Å². The number of alkyl halides is 4. The molecule has 1 amide bonds. The molecule has 2 aliphatic heterocycles. The lowest BCUT2D eigenvalue weighted by Gasteiger charge is -2.30. The van der Waals surface area contributed by atoms with Crippen LogP contribution in [-0.2, 0) is 34.9 Å². The molecule has 1 atom stereocenters. The number of amides is 1. The van der Waals surface area contributed by atoms with Gasteiger partial charge in [0, 0.05) is 24.9 Å². The first-order chi connectivity index (χ1) is 13.0. The summed E-state index contributed by atoms with van der Waals surface area (Å²) < 4.78 is 66.1. The van der Waals surface area contributed by atoms with Gasteiger partial charge >= 0.3 is 6.09 Å². The summed E-state index contributed by atoms with van der Waals surface area (Å²) in [4.78, 5) is 13.7. The van der Waals surface area contributed by atoms with Crippen molar-refractivity contribution >= 4 is 6.09 Å². The lowest BCUT2D eigenvalue weighted by molar-refractivity contribution is -0.0495. The quantitative estimate of drug-likeness (QED) is 0.717. The fraction of sp³-hybridized carbons (Fsp3) is 0.778. The number of carbonyl (C=O) groups is 1. The SMILES string of the molecule is CC(C)(C)OC(=O)N1CCc2nn3c(c2C1)C(F)(F)CC[C@@H](OCC(F)F)C3. The molecule has 0 radical (unpaired) electrons. The third-order valence-electron chi connectivity index (χ3n) is 4.71. The summed E-state index contributed by atoms with van der Waals surface area (Å²) in [5.74, 6) is -3.18. The molecule has 0 saturated carbocycles. The number of aromatic nitrogens is 2. The Bertz CT molecular complexity index is 730. The normalized spacial score (nSPS) is 21.9. The molecule has 158 valence electrons. The van der Waals surface area contributed by atoms with Crippen LogP contribution >= 0.6 is 0 Å². The van der Waals surface area contributed by atoms with Crippen LogP contribution in [0.1, 0.15) is 50.6 Å². The Balaban J connectivity index is 1.84. The van der Waals surface area contributed by atoms with Gasteiger partial charge in [0.1, 0.15) is 17.9 Å². The molecule has 3 rings (SSSR count). The van der Waals surface area contributed by atoms with Gasteiger partial charge in [-0.25, -0.2) is 13.6 Å². The van der Waals surface area contributed by atoms with Crippen LogP contribution in [0.4, 0.5) is 22.4 Å². The molecule has 0 bridgehead atoms. The van der Waals surface area contributed by atoms with E-state index >= 15 is 0 Å².